The van der Waals surface area contributed by atoms with Crippen molar-refractivity contribution in [3.8, 4) is 11.3 Å². The number of aromatic carboxylic acids is 1. The Morgan fingerprint density at radius 2 is 1.70 bits per heavy atom. The zero-order valence-corrected chi connectivity index (χ0v) is 23.8. The lowest BCUT2D eigenvalue weighted by Crippen LogP contribution is -2.30. The van der Waals surface area contributed by atoms with E-state index < -0.39 is 18.1 Å². The standard InChI is InChI=1S/C29H32N4O3.C2HF3O2/c1-19-16-30-25(31-19)17-32(2)26(34)18-33-24-15-22(29(35)36)13-14-23(24)27(20-9-5-3-6-10-20)28(33)21-11-7-4-8-12-21;3-2(4,5)1(6)7/h4,7-8,11-16,20H,3,5-6,9-10,17-18H2,1-2H3,(H,30,31)(H,35,36);(H,6,7). The Labute approximate surface area is 246 Å². The van der Waals surface area contributed by atoms with Crippen molar-refractivity contribution >= 4 is 28.7 Å². The Hall–Kier alpha value is -4.61. The van der Waals surface area contributed by atoms with Crippen LogP contribution in [-0.2, 0) is 22.7 Å². The van der Waals surface area contributed by atoms with E-state index in [1.807, 2.05) is 35.8 Å². The summed E-state index contributed by atoms with van der Waals surface area (Å²) in [4.78, 5) is 43.4. The summed E-state index contributed by atoms with van der Waals surface area (Å²) in [5, 5.41) is 17.9. The molecule has 228 valence electrons. The zero-order valence-electron chi connectivity index (χ0n) is 23.8. The van der Waals surface area contributed by atoms with E-state index in [-0.39, 0.29) is 18.0 Å². The minimum absolute atomic E-state index is 0.0611. The van der Waals surface area contributed by atoms with E-state index in [4.69, 9.17) is 9.90 Å². The maximum absolute atomic E-state index is 13.5. The molecule has 0 saturated heterocycles. The average molecular weight is 599 g/mol. The molecule has 1 amide bonds. The number of benzene rings is 2. The molecule has 0 spiro atoms. The largest absolute Gasteiger partial charge is 0.490 e. The minimum Gasteiger partial charge on any atom is -0.478 e. The van der Waals surface area contributed by atoms with Crippen LogP contribution in [0.1, 0.15) is 65.5 Å². The molecule has 1 saturated carbocycles. The number of aliphatic carboxylic acids is 1. The smallest absolute Gasteiger partial charge is 0.478 e. The van der Waals surface area contributed by atoms with Crippen LogP contribution in [0.2, 0.25) is 0 Å². The molecule has 0 radical (unpaired) electrons. The second kappa shape index (κ2) is 13.1. The quantitative estimate of drug-likeness (QED) is 0.227. The summed E-state index contributed by atoms with van der Waals surface area (Å²) in [5.74, 6) is -2.67. The molecule has 1 aliphatic carbocycles. The Bertz CT molecular complexity index is 1600. The lowest BCUT2D eigenvalue weighted by Gasteiger charge is -2.24. The lowest BCUT2D eigenvalue weighted by atomic mass is 9.82. The van der Waals surface area contributed by atoms with Gasteiger partial charge in [0.25, 0.3) is 0 Å². The number of likely N-dealkylation sites (N-methyl/N-ethyl adjacent to an activating group) is 1. The first-order valence-corrected chi connectivity index (χ1v) is 13.9. The first-order chi connectivity index (χ1) is 20.4. The number of carboxylic acid groups (broad SMARTS) is 2. The predicted octanol–water partition coefficient (Wildman–Crippen LogP) is 6.38. The van der Waals surface area contributed by atoms with Crippen LogP contribution in [0.5, 0.6) is 0 Å². The Balaban J connectivity index is 0.000000541. The third kappa shape index (κ3) is 7.43. The number of aromatic nitrogens is 3. The van der Waals surface area contributed by atoms with Crippen LogP contribution in [0.15, 0.2) is 54.7 Å². The number of rotatable bonds is 7. The van der Waals surface area contributed by atoms with Crippen LogP contribution in [-0.4, -0.2) is 60.7 Å². The molecule has 0 atom stereocenters. The van der Waals surface area contributed by atoms with E-state index in [0.717, 1.165) is 46.5 Å². The van der Waals surface area contributed by atoms with Gasteiger partial charge in [0.15, 0.2) is 0 Å². The summed E-state index contributed by atoms with van der Waals surface area (Å²) in [6.45, 7) is 2.43. The molecule has 0 bridgehead atoms. The van der Waals surface area contributed by atoms with E-state index in [0.29, 0.717) is 12.5 Å². The molecule has 4 aromatic rings. The molecule has 1 fully saturated rings. The van der Waals surface area contributed by atoms with Crippen molar-refractivity contribution in [2.75, 3.05) is 7.05 Å². The summed E-state index contributed by atoms with van der Waals surface area (Å²) in [6.07, 6.45) is 2.49. The Morgan fingerprint density at radius 1 is 1.05 bits per heavy atom. The number of hydrogen-bond donors (Lipinski definition) is 3. The number of carboxylic acids is 2. The van der Waals surface area contributed by atoms with Crippen molar-refractivity contribution in [3.63, 3.8) is 0 Å². The average Bonchev–Trinajstić information content (AvgIpc) is 3.53. The number of halogens is 3. The molecule has 2 aromatic heterocycles. The number of aromatic amines is 1. The molecule has 0 aliphatic heterocycles. The van der Waals surface area contributed by atoms with Gasteiger partial charge in [-0.3, -0.25) is 4.79 Å². The van der Waals surface area contributed by atoms with Crippen LogP contribution in [0.4, 0.5) is 13.2 Å². The van der Waals surface area contributed by atoms with Crippen LogP contribution in [0, 0.1) is 6.92 Å². The van der Waals surface area contributed by atoms with Gasteiger partial charge in [0.2, 0.25) is 5.91 Å². The van der Waals surface area contributed by atoms with Crippen molar-refractivity contribution in [2.24, 2.45) is 0 Å². The SMILES string of the molecule is Cc1cnc(CN(C)C(=O)Cn2c(-c3ccccc3)c(C3CCCCC3)c3ccc(C(=O)O)cc32)[nH]1.O=C(O)C(F)(F)F. The molecular formula is C31H33F3N4O5. The van der Waals surface area contributed by atoms with Crippen molar-refractivity contribution < 1.29 is 37.8 Å². The van der Waals surface area contributed by atoms with Crippen molar-refractivity contribution in [2.45, 2.75) is 64.2 Å². The van der Waals surface area contributed by atoms with Crippen LogP contribution >= 0.6 is 0 Å². The lowest BCUT2D eigenvalue weighted by molar-refractivity contribution is -0.192. The summed E-state index contributed by atoms with van der Waals surface area (Å²) in [5.41, 5.74) is 5.28. The highest BCUT2D eigenvalue weighted by Crippen LogP contribution is 2.44. The fraction of sp³-hybridized carbons (Fsp3) is 0.355. The predicted molar refractivity (Wildman–Crippen MR) is 154 cm³/mol. The van der Waals surface area contributed by atoms with Crippen LogP contribution in [0.3, 0.4) is 0 Å². The third-order valence-corrected chi connectivity index (χ3v) is 7.52. The molecular weight excluding hydrogens is 565 g/mol. The highest BCUT2D eigenvalue weighted by atomic mass is 19.4. The van der Waals surface area contributed by atoms with Crippen molar-refractivity contribution in [3.05, 3.63) is 77.4 Å². The van der Waals surface area contributed by atoms with Gasteiger partial charge >= 0.3 is 18.1 Å². The summed E-state index contributed by atoms with van der Waals surface area (Å²) in [7, 11) is 1.78. The van der Waals surface area contributed by atoms with Gasteiger partial charge in [-0.2, -0.15) is 13.2 Å². The topological polar surface area (TPSA) is 129 Å². The van der Waals surface area contributed by atoms with Crippen molar-refractivity contribution in [1.29, 1.82) is 0 Å². The maximum atomic E-state index is 13.5. The zero-order chi connectivity index (χ0) is 31.3. The number of nitrogens with zero attached hydrogens (tertiary/aromatic N) is 3. The number of H-pyrrole nitrogens is 1. The number of nitrogens with one attached hydrogen (secondary N) is 1. The normalized spacial score (nSPS) is 13.8. The van der Waals surface area contributed by atoms with Crippen LogP contribution in [0.25, 0.3) is 22.2 Å². The molecule has 12 heteroatoms. The minimum atomic E-state index is -5.08. The van der Waals surface area contributed by atoms with Gasteiger partial charge in [-0.15, -0.1) is 0 Å². The molecule has 9 nitrogen and oxygen atoms in total. The van der Waals surface area contributed by atoms with Gasteiger partial charge < -0.3 is 24.7 Å². The van der Waals surface area contributed by atoms with E-state index in [1.54, 1.807) is 30.3 Å². The molecule has 2 heterocycles. The highest BCUT2D eigenvalue weighted by Gasteiger charge is 2.38. The molecule has 2 aromatic carbocycles. The number of carbonyl (C=O) groups is 3. The first-order valence-electron chi connectivity index (χ1n) is 13.9. The number of hydrogen-bond acceptors (Lipinski definition) is 4. The second-order valence-electron chi connectivity index (χ2n) is 10.7. The second-order valence-corrected chi connectivity index (χ2v) is 10.7. The van der Waals surface area contributed by atoms with E-state index >= 15 is 0 Å². The fourth-order valence-corrected chi connectivity index (χ4v) is 5.50. The molecule has 1 aliphatic rings. The van der Waals surface area contributed by atoms with Gasteiger partial charge in [0.1, 0.15) is 12.4 Å². The van der Waals surface area contributed by atoms with Gasteiger partial charge in [0.05, 0.1) is 23.3 Å². The maximum Gasteiger partial charge on any atom is 0.490 e. The molecule has 0 unspecified atom stereocenters. The van der Waals surface area contributed by atoms with Crippen molar-refractivity contribution in [1.82, 2.24) is 19.4 Å². The third-order valence-electron chi connectivity index (χ3n) is 7.52. The van der Waals surface area contributed by atoms with Gasteiger partial charge in [-0.25, -0.2) is 14.6 Å². The van der Waals surface area contributed by atoms with E-state index in [2.05, 4.69) is 22.1 Å². The van der Waals surface area contributed by atoms with Gasteiger partial charge in [-0.05, 0) is 48.9 Å². The summed E-state index contributed by atoms with van der Waals surface area (Å²) >= 11 is 0. The summed E-state index contributed by atoms with van der Waals surface area (Å²) < 4.78 is 33.8. The fourth-order valence-electron chi connectivity index (χ4n) is 5.50. The number of carbonyl (C=O) groups excluding carboxylic acids is 1. The Morgan fingerprint density at radius 3 is 2.26 bits per heavy atom. The van der Waals surface area contributed by atoms with E-state index in [1.165, 1.54) is 24.8 Å². The number of fused-ring (bicyclic) bond motifs is 1. The number of aryl methyl sites for hydroxylation is 1. The molecule has 5 rings (SSSR count). The van der Waals surface area contributed by atoms with E-state index in [9.17, 15) is 27.9 Å². The number of amides is 1. The number of imidazole rings is 1. The van der Waals surface area contributed by atoms with Gasteiger partial charge in [0, 0.05) is 24.3 Å². The molecule has 43 heavy (non-hydrogen) atoms. The first kappa shape index (κ1) is 31.3. The summed E-state index contributed by atoms with van der Waals surface area (Å²) in [6, 6.07) is 15.5. The monoisotopic (exact) mass is 598 g/mol. The van der Waals surface area contributed by atoms with Gasteiger partial charge in [-0.1, -0.05) is 55.7 Å². The highest BCUT2D eigenvalue weighted by molar-refractivity contribution is 5.99. The molecule has 3 N–H and O–H groups in total. The Kier molecular flexibility index (Phi) is 9.57. The number of alkyl halides is 3. The van der Waals surface area contributed by atoms with Crippen LogP contribution < -0.4 is 0 Å².